The van der Waals surface area contributed by atoms with Gasteiger partial charge in [-0.25, -0.2) is 12.4 Å². The maximum atomic E-state index is 13.3. The van der Waals surface area contributed by atoms with Gasteiger partial charge >= 0.3 is 0 Å². The maximum Gasteiger partial charge on any atom is 0.268 e. The normalized spacial score (nSPS) is 11.4. The molecule has 3 aromatic carbocycles. The van der Waals surface area contributed by atoms with Crippen LogP contribution in [0.5, 0.6) is 0 Å². The first-order valence-corrected chi connectivity index (χ1v) is 9.34. The van der Waals surface area contributed by atoms with E-state index in [1.165, 1.54) is 3.97 Å². The second kappa shape index (κ2) is 5.80. The van der Waals surface area contributed by atoms with Crippen molar-refractivity contribution in [3.05, 3.63) is 90.6 Å². The fourth-order valence-corrected chi connectivity index (χ4v) is 4.77. The van der Waals surface area contributed by atoms with Crippen molar-refractivity contribution in [2.45, 2.75) is 11.8 Å². The minimum absolute atomic E-state index is 0.272. The molecule has 0 radical (unpaired) electrons. The lowest BCUT2D eigenvalue weighted by Gasteiger charge is -2.10. The number of para-hydroxylation sites is 1. The molecular formula is C21H15NO2S. The van der Waals surface area contributed by atoms with Crippen molar-refractivity contribution in [2.24, 2.45) is 0 Å². The first kappa shape index (κ1) is 15.5. The highest BCUT2D eigenvalue weighted by Gasteiger charge is 2.25. The van der Waals surface area contributed by atoms with Crippen LogP contribution in [-0.4, -0.2) is 12.4 Å². The van der Waals surface area contributed by atoms with E-state index >= 15 is 0 Å². The Bertz CT molecular complexity index is 1140. The number of rotatable bonds is 3. The molecule has 122 valence electrons. The molecule has 0 amide bonds. The quantitative estimate of drug-likeness (QED) is 0.550. The Balaban J connectivity index is 2.09. The zero-order valence-corrected chi connectivity index (χ0v) is 14.4. The summed E-state index contributed by atoms with van der Waals surface area (Å²) < 4.78 is 27.9. The topological polar surface area (TPSA) is 39.1 Å². The number of hydrogen-bond donors (Lipinski definition) is 0. The van der Waals surface area contributed by atoms with Crippen LogP contribution in [0, 0.1) is 19.1 Å². The third-order valence-electron chi connectivity index (χ3n) is 4.26. The van der Waals surface area contributed by atoms with Crippen LogP contribution in [0.1, 0.15) is 5.69 Å². The molecule has 0 saturated carbocycles. The lowest BCUT2D eigenvalue weighted by molar-refractivity contribution is 0.588. The summed E-state index contributed by atoms with van der Waals surface area (Å²) >= 11 is 0. The van der Waals surface area contributed by atoms with Crippen LogP contribution in [0.4, 0.5) is 0 Å². The SMILES string of the molecule is Cc1c(-c2c#cccc2)c2ccccc2n1S(=O)(=O)c1ccccc1. The Kier molecular flexibility index (Phi) is 3.60. The van der Waals surface area contributed by atoms with Crippen molar-refractivity contribution in [1.29, 1.82) is 0 Å². The minimum atomic E-state index is -3.69. The molecule has 0 N–H and O–H groups in total. The van der Waals surface area contributed by atoms with Crippen molar-refractivity contribution in [2.75, 3.05) is 0 Å². The number of nitrogens with zero attached hydrogens (tertiary/aromatic N) is 1. The van der Waals surface area contributed by atoms with Gasteiger partial charge in [-0.05, 0) is 37.3 Å². The lowest BCUT2D eigenvalue weighted by Crippen LogP contribution is -2.14. The zero-order chi connectivity index (χ0) is 17.4. The molecule has 1 heterocycles. The number of benzene rings is 2. The molecule has 0 spiro atoms. The van der Waals surface area contributed by atoms with Gasteiger partial charge in [-0.15, -0.1) is 0 Å². The van der Waals surface area contributed by atoms with Gasteiger partial charge in [0.05, 0.1) is 10.4 Å². The van der Waals surface area contributed by atoms with E-state index in [0.717, 1.165) is 16.5 Å². The van der Waals surface area contributed by atoms with Crippen molar-refractivity contribution < 1.29 is 8.42 Å². The van der Waals surface area contributed by atoms with Crippen LogP contribution >= 0.6 is 0 Å². The molecular weight excluding hydrogens is 330 g/mol. The molecule has 0 aliphatic carbocycles. The summed E-state index contributed by atoms with van der Waals surface area (Å²) in [5.74, 6) is 0. The summed E-state index contributed by atoms with van der Waals surface area (Å²) in [6.07, 6.45) is 0. The van der Waals surface area contributed by atoms with E-state index in [0.29, 0.717) is 11.2 Å². The van der Waals surface area contributed by atoms with Crippen molar-refractivity contribution >= 4 is 20.9 Å². The molecule has 0 fully saturated rings. The molecule has 0 aliphatic heterocycles. The predicted octanol–water partition coefficient (Wildman–Crippen LogP) is 4.45. The number of fused-ring (bicyclic) bond motifs is 1. The van der Waals surface area contributed by atoms with Crippen molar-refractivity contribution in [1.82, 2.24) is 3.97 Å². The number of aromatic nitrogens is 1. The molecule has 25 heavy (non-hydrogen) atoms. The standard InChI is InChI=1S/C21H15NO2S/c1-16-21(17-10-4-2-5-11-17)19-14-8-9-15-20(19)22(16)25(23,24)18-12-6-3-7-13-18/h2-4,6-10,12-15H,1H3. The average Bonchev–Trinajstić information content (AvgIpc) is 2.95. The van der Waals surface area contributed by atoms with Gasteiger partial charge < -0.3 is 0 Å². The smallest absolute Gasteiger partial charge is 0.238 e. The highest BCUT2D eigenvalue weighted by molar-refractivity contribution is 7.90. The van der Waals surface area contributed by atoms with Gasteiger partial charge in [0.1, 0.15) is 0 Å². The summed E-state index contributed by atoms with van der Waals surface area (Å²) in [7, 11) is -3.69. The Morgan fingerprint density at radius 1 is 0.880 bits per heavy atom. The van der Waals surface area contributed by atoms with Gasteiger partial charge in [0, 0.05) is 22.2 Å². The fourth-order valence-electron chi connectivity index (χ4n) is 3.19. The molecule has 0 unspecified atom stereocenters. The molecule has 4 rings (SSSR count). The second-order valence-electron chi connectivity index (χ2n) is 5.77. The minimum Gasteiger partial charge on any atom is -0.238 e. The number of hydrogen-bond acceptors (Lipinski definition) is 2. The average molecular weight is 345 g/mol. The molecule has 4 aromatic rings. The van der Waals surface area contributed by atoms with E-state index in [4.69, 9.17) is 0 Å². The maximum absolute atomic E-state index is 13.3. The van der Waals surface area contributed by atoms with Crippen LogP contribution in [0.3, 0.4) is 0 Å². The van der Waals surface area contributed by atoms with E-state index < -0.39 is 10.0 Å². The van der Waals surface area contributed by atoms with Gasteiger partial charge in [0.15, 0.2) is 0 Å². The van der Waals surface area contributed by atoms with Gasteiger partial charge in [0.25, 0.3) is 10.0 Å². The van der Waals surface area contributed by atoms with Crippen molar-refractivity contribution in [3.63, 3.8) is 0 Å². The van der Waals surface area contributed by atoms with Crippen LogP contribution in [0.2, 0.25) is 0 Å². The third kappa shape index (κ3) is 2.41. The summed E-state index contributed by atoms with van der Waals surface area (Å²) in [4.78, 5) is 0.272. The Hall–Kier alpha value is -3.03. The third-order valence-corrected chi connectivity index (χ3v) is 6.08. The summed E-state index contributed by atoms with van der Waals surface area (Å²) in [5, 5.41) is 0.885. The Morgan fingerprint density at radius 2 is 1.60 bits per heavy atom. The van der Waals surface area contributed by atoms with E-state index in [1.807, 2.05) is 43.3 Å². The van der Waals surface area contributed by atoms with Crippen molar-refractivity contribution in [3.8, 4) is 11.1 Å². The summed E-state index contributed by atoms with van der Waals surface area (Å²) in [6, 6.07) is 27.6. The first-order valence-electron chi connectivity index (χ1n) is 7.90. The largest absolute Gasteiger partial charge is 0.268 e. The van der Waals surface area contributed by atoms with Crippen LogP contribution in [0.25, 0.3) is 22.0 Å². The molecule has 0 bridgehead atoms. The summed E-state index contributed by atoms with van der Waals surface area (Å²) in [5.41, 5.74) is 3.03. The fraction of sp³-hybridized carbons (Fsp3) is 0.0476. The molecule has 0 atom stereocenters. The molecule has 0 saturated heterocycles. The van der Waals surface area contributed by atoms with Crippen LogP contribution < -0.4 is 0 Å². The Morgan fingerprint density at radius 3 is 2.32 bits per heavy atom. The molecule has 1 aromatic heterocycles. The molecule has 4 heteroatoms. The predicted molar refractivity (Wildman–Crippen MR) is 98.8 cm³/mol. The Labute approximate surface area is 147 Å². The molecule has 0 aliphatic rings. The highest BCUT2D eigenvalue weighted by atomic mass is 32.2. The van der Waals surface area contributed by atoms with Gasteiger partial charge in [-0.1, -0.05) is 54.6 Å². The van der Waals surface area contributed by atoms with Gasteiger partial charge in [0.2, 0.25) is 0 Å². The van der Waals surface area contributed by atoms with E-state index in [2.05, 4.69) is 12.1 Å². The highest BCUT2D eigenvalue weighted by Crippen LogP contribution is 2.35. The van der Waals surface area contributed by atoms with Gasteiger partial charge in [-0.3, -0.25) is 0 Å². The monoisotopic (exact) mass is 345 g/mol. The van der Waals surface area contributed by atoms with Crippen LogP contribution in [-0.2, 0) is 10.0 Å². The van der Waals surface area contributed by atoms with E-state index in [-0.39, 0.29) is 4.90 Å². The van der Waals surface area contributed by atoms with E-state index in [9.17, 15) is 8.42 Å². The molecule has 3 nitrogen and oxygen atoms in total. The zero-order valence-electron chi connectivity index (χ0n) is 13.6. The lowest BCUT2D eigenvalue weighted by atomic mass is 10.0. The summed E-state index contributed by atoms with van der Waals surface area (Å²) in [6.45, 7) is 1.83. The van der Waals surface area contributed by atoms with Crippen LogP contribution in [0.15, 0.2) is 77.7 Å². The van der Waals surface area contributed by atoms with E-state index in [1.54, 1.807) is 36.4 Å². The first-order chi connectivity index (χ1) is 12.1. The van der Waals surface area contributed by atoms with Gasteiger partial charge in [-0.2, -0.15) is 0 Å². The second-order valence-corrected chi connectivity index (χ2v) is 7.56.